The first-order valence-electron chi connectivity index (χ1n) is 8.21. The number of anilines is 1. The Balaban J connectivity index is 1.59. The Labute approximate surface area is 159 Å². The van der Waals surface area contributed by atoms with Gasteiger partial charge in [0.15, 0.2) is 6.10 Å². The van der Waals surface area contributed by atoms with Crippen LogP contribution in [0, 0.1) is 17.6 Å². The second-order valence-electron chi connectivity index (χ2n) is 6.16. The highest BCUT2D eigenvalue weighted by atomic mass is 35.5. The molecule has 2 atom stereocenters. The van der Waals surface area contributed by atoms with Crippen LogP contribution in [0.1, 0.15) is 12.5 Å². The van der Waals surface area contributed by atoms with Crippen LogP contribution in [0.2, 0.25) is 5.02 Å². The first kappa shape index (κ1) is 19.1. The fraction of sp³-hybridized carbons (Fsp3) is 0.263. The third-order valence-corrected chi connectivity index (χ3v) is 4.35. The summed E-state index contributed by atoms with van der Waals surface area (Å²) in [6.45, 7) is 1.48. The van der Waals surface area contributed by atoms with Crippen molar-refractivity contribution in [2.75, 3.05) is 11.9 Å². The molecular formula is C19H16ClF2NO4. The van der Waals surface area contributed by atoms with Gasteiger partial charge in [-0.05, 0) is 49.2 Å². The molecule has 0 radical (unpaired) electrons. The van der Waals surface area contributed by atoms with Crippen molar-refractivity contribution in [2.24, 2.45) is 5.92 Å². The molecule has 3 rings (SSSR count). The molecule has 1 aliphatic rings. The van der Waals surface area contributed by atoms with E-state index in [-0.39, 0.29) is 12.3 Å². The summed E-state index contributed by atoms with van der Waals surface area (Å²) in [6.07, 6.45) is -0.793. The molecule has 0 unspecified atom stereocenters. The van der Waals surface area contributed by atoms with Gasteiger partial charge in [-0.1, -0.05) is 11.6 Å². The maximum absolute atomic E-state index is 13.6. The quantitative estimate of drug-likeness (QED) is 0.801. The zero-order valence-electron chi connectivity index (χ0n) is 14.3. The van der Waals surface area contributed by atoms with Crippen LogP contribution in [0.5, 0.6) is 5.75 Å². The second kappa shape index (κ2) is 7.92. The highest BCUT2D eigenvalue weighted by Gasteiger charge is 2.30. The van der Waals surface area contributed by atoms with E-state index in [0.29, 0.717) is 23.3 Å². The lowest BCUT2D eigenvalue weighted by Gasteiger charge is -2.25. The Morgan fingerprint density at radius 1 is 1.26 bits per heavy atom. The molecule has 2 aromatic carbocycles. The molecule has 0 fully saturated rings. The number of halogens is 3. The van der Waals surface area contributed by atoms with Gasteiger partial charge in [-0.2, -0.15) is 0 Å². The third kappa shape index (κ3) is 4.54. The number of amides is 1. The Morgan fingerprint density at radius 2 is 2.04 bits per heavy atom. The first-order chi connectivity index (χ1) is 12.8. The Kier molecular flexibility index (Phi) is 5.60. The normalized spacial score (nSPS) is 16.7. The van der Waals surface area contributed by atoms with E-state index >= 15 is 0 Å². The molecule has 2 aromatic rings. The van der Waals surface area contributed by atoms with E-state index in [1.807, 2.05) is 0 Å². The Bertz CT molecular complexity index is 890. The fourth-order valence-corrected chi connectivity index (χ4v) is 2.86. The van der Waals surface area contributed by atoms with Crippen molar-refractivity contribution in [2.45, 2.75) is 19.4 Å². The summed E-state index contributed by atoms with van der Waals surface area (Å²) in [7, 11) is 0. The van der Waals surface area contributed by atoms with E-state index < -0.39 is 35.5 Å². The molecule has 27 heavy (non-hydrogen) atoms. The van der Waals surface area contributed by atoms with Gasteiger partial charge in [0, 0.05) is 11.1 Å². The molecule has 1 amide bonds. The van der Waals surface area contributed by atoms with Crippen molar-refractivity contribution in [3.8, 4) is 5.75 Å². The van der Waals surface area contributed by atoms with Gasteiger partial charge < -0.3 is 14.8 Å². The number of nitrogens with one attached hydrogen (secondary N) is 1. The number of hydrogen-bond donors (Lipinski definition) is 1. The maximum atomic E-state index is 13.6. The van der Waals surface area contributed by atoms with E-state index in [4.69, 9.17) is 21.1 Å². The van der Waals surface area contributed by atoms with Crippen LogP contribution >= 0.6 is 11.6 Å². The van der Waals surface area contributed by atoms with Gasteiger partial charge in [-0.15, -0.1) is 0 Å². The SMILES string of the molecule is C[C@@H](OC(=O)[C@@H]1COc2ccc(Cl)cc2C1)C(=O)Nc1ccc(F)cc1F. The van der Waals surface area contributed by atoms with Gasteiger partial charge in [0.05, 0.1) is 11.6 Å². The van der Waals surface area contributed by atoms with Gasteiger partial charge >= 0.3 is 5.97 Å². The van der Waals surface area contributed by atoms with Crippen LogP contribution in [-0.4, -0.2) is 24.6 Å². The Morgan fingerprint density at radius 3 is 2.78 bits per heavy atom. The summed E-state index contributed by atoms with van der Waals surface area (Å²) in [5, 5.41) is 2.79. The predicted octanol–water partition coefficient (Wildman–Crippen LogP) is 3.74. The average molecular weight is 396 g/mol. The van der Waals surface area contributed by atoms with E-state index in [9.17, 15) is 18.4 Å². The molecule has 0 saturated carbocycles. The molecule has 0 spiro atoms. The van der Waals surface area contributed by atoms with Crippen LogP contribution in [0.15, 0.2) is 36.4 Å². The number of carbonyl (C=O) groups is 2. The van der Waals surface area contributed by atoms with Gasteiger partial charge in [0.2, 0.25) is 0 Å². The van der Waals surface area contributed by atoms with E-state index in [1.165, 1.54) is 6.92 Å². The van der Waals surface area contributed by atoms with E-state index in [0.717, 1.165) is 17.7 Å². The summed E-state index contributed by atoms with van der Waals surface area (Å²) in [4.78, 5) is 24.4. The molecular weight excluding hydrogens is 380 g/mol. The first-order valence-corrected chi connectivity index (χ1v) is 8.59. The minimum atomic E-state index is -1.16. The van der Waals surface area contributed by atoms with E-state index in [1.54, 1.807) is 18.2 Å². The lowest BCUT2D eigenvalue weighted by Crippen LogP contribution is -2.36. The Hall–Kier alpha value is -2.67. The van der Waals surface area contributed by atoms with Crippen LogP contribution < -0.4 is 10.1 Å². The van der Waals surface area contributed by atoms with Gasteiger partial charge in [0.1, 0.15) is 24.0 Å². The van der Waals surface area contributed by atoms with Gasteiger partial charge in [-0.25, -0.2) is 8.78 Å². The molecule has 1 N–H and O–H groups in total. The molecule has 0 aliphatic carbocycles. The lowest BCUT2D eigenvalue weighted by atomic mass is 9.97. The second-order valence-corrected chi connectivity index (χ2v) is 6.59. The summed E-state index contributed by atoms with van der Waals surface area (Å²) < 4.78 is 37.2. The number of hydrogen-bond acceptors (Lipinski definition) is 4. The number of rotatable bonds is 4. The zero-order valence-corrected chi connectivity index (χ0v) is 15.1. The van der Waals surface area contributed by atoms with Crippen LogP contribution in [0.3, 0.4) is 0 Å². The number of benzene rings is 2. The smallest absolute Gasteiger partial charge is 0.313 e. The summed E-state index contributed by atoms with van der Waals surface area (Å²) >= 11 is 5.95. The number of fused-ring (bicyclic) bond motifs is 1. The molecule has 0 aromatic heterocycles. The number of carbonyl (C=O) groups excluding carboxylic acids is 2. The average Bonchev–Trinajstić information content (AvgIpc) is 2.63. The number of esters is 1. The highest BCUT2D eigenvalue weighted by Crippen LogP contribution is 2.30. The molecule has 8 heteroatoms. The van der Waals surface area contributed by atoms with Crippen LogP contribution in [0.25, 0.3) is 0 Å². The van der Waals surface area contributed by atoms with Gasteiger partial charge in [0.25, 0.3) is 5.91 Å². The van der Waals surface area contributed by atoms with E-state index in [2.05, 4.69) is 5.32 Å². The minimum absolute atomic E-state index is 0.119. The van der Waals surface area contributed by atoms with Crippen molar-refractivity contribution < 1.29 is 27.8 Å². The van der Waals surface area contributed by atoms with Crippen molar-refractivity contribution in [3.05, 3.63) is 58.6 Å². The predicted molar refractivity (Wildman–Crippen MR) is 94.7 cm³/mol. The summed E-state index contributed by atoms with van der Waals surface area (Å²) in [5.74, 6) is -2.95. The standard InChI is InChI=1S/C19H16ClF2NO4/c1-10(18(24)23-16-4-3-14(21)8-15(16)22)27-19(25)12-6-11-7-13(20)2-5-17(11)26-9-12/h2-5,7-8,10,12H,6,9H2,1H3,(H,23,24)/t10-,12+/m1/s1. The largest absolute Gasteiger partial charge is 0.492 e. The topological polar surface area (TPSA) is 64.6 Å². The van der Waals surface area contributed by atoms with Crippen molar-refractivity contribution in [1.29, 1.82) is 0 Å². The molecule has 1 heterocycles. The van der Waals surface area contributed by atoms with Crippen LogP contribution in [-0.2, 0) is 20.7 Å². The third-order valence-electron chi connectivity index (χ3n) is 4.11. The van der Waals surface area contributed by atoms with Crippen molar-refractivity contribution in [1.82, 2.24) is 0 Å². The van der Waals surface area contributed by atoms with Crippen molar-refractivity contribution in [3.63, 3.8) is 0 Å². The van der Waals surface area contributed by atoms with Crippen molar-refractivity contribution >= 4 is 29.2 Å². The molecule has 5 nitrogen and oxygen atoms in total. The fourth-order valence-electron chi connectivity index (χ4n) is 2.66. The molecule has 0 bridgehead atoms. The monoisotopic (exact) mass is 395 g/mol. The maximum Gasteiger partial charge on any atom is 0.313 e. The minimum Gasteiger partial charge on any atom is -0.492 e. The molecule has 1 aliphatic heterocycles. The summed E-state index contributed by atoms with van der Waals surface area (Å²) in [5.41, 5.74) is 0.579. The molecule has 142 valence electrons. The molecule has 0 saturated heterocycles. The lowest BCUT2D eigenvalue weighted by molar-refractivity contribution is -0.158. The van der Waals surface area contributed by atoms with Gasteiger partial charge in [-0.3, -0.25) is 9.59 Å². The zero-order chi connectivity index (χ0) is 19.6. The summed E-state index contributed by atoms with van der Waals surface area (Å²) in [6, 6.07) is 7.88. The number of ether oxygens (including phenoxy) is 2. The van der Waals surface area contributed by atoms with Crippen LogP contribution in [0.4, 0.5) is 14.5 Å². The highest BCUT2D eigenvalue weighted by molar-refractivity contribution is 6.30.